The van der Waals surface area contributed by atoms with E-state index in [0.717, 1.165) is 24.2 Å². The lowest BCUT2D eigenvalue weighted by Crippen LogP contribution is -2.33. The molecule has 1 rings (SSSR count). The Labute approximate surface area is 132 Å². The smallest absolute Gasteiger partial charge is 0.105 e. The van der Waals surface area contributed by atoms with Crippen LogP contribution in [0.25, 0.3) is 0 Å². The van der Waals surface area contributed by atoms with Crippen molar-refractivity contribution in [3.05, 3.63) is 28.8 Å². The molecule has 5 heteroatoms. The molecule has 0 fully saturated rings. The van der Waals surface area contributed by atoms with Crippen LogP contribution in [0.2, 0.25) is 5.02 Å². The topological polar surface area (TPSA) is 41.3 Å². The molecule has 0 bridgehead atoms. The summed E-state index contributed by atoms with van der Waals surface area (Å²) in [4.78, 5) is 2.51. The van der Waals surface area contributed by atoms with Crippen LogP contribution in [0.15, 0.2) is 18.2 Å². The lowest BCUT2D eigenvalue weighted by molar-refractivity contribution is 0.356. The van der Waals surface area contributed by atoms with Crippen molar-refractivity contribution >= 4 is 34.5 Å². The van der Waals surface area contributed by atoms with Gasteiger partial charge in [0, 0.05) is 23.8 Å². The van der Waals surface area contributed by atoms with E-state index in [2.05, 4.69) is 38.2 Å². The molecule has 1 unspecified atom stereocenters. The molecule has 0 saturated carbocycles. The van der Waals surface area contributed by atoms with Gasteiger partial charge < -0.3 is 16.0 Å². The Morgan fingerprint density at radius 2 is 2.05 bits per heavy atom. The van der Waals surface area contributed by atoms with Gasteiger partial charge in [0.05, 0.1) is 5.02 Å². The molecule has 0 radical (unpaired) electrons. The summed E-state index contributed by atoms with van der Waals surface area (Å²) in [6.45, 7) is 5.44. The summed E-state index contributed by atoms with van der Waals surface area (Å²) < 4.78 is 0. The quantitative estimate of drug-likeness (QED) is 0.757. The number of anilines is 1. The number of likely N-dealkylation sites (N-methyl/N-ethyl adjacent to an activating group) is 1. The van der Waals surface area contributed by atoms with Crippen LogP contribution in [-0.2, 0) is 0 Å². The molecule has 20 heavy (non-hydrogen) atoms. The van der Waals surface area contributed by atoms with Gasteiger partial charge in [-0.25, -0.2) is 0 Å². The first-order valence-corrected chi connectivity index (χ1v) is 7.58. The number of hydrogen-bond donors (Lipinski definition) is 2. The molecule has 0 aromatic heterocycles. The van der Waals surface area contributed by atoms with Crippen LogP contribution < -0.4 is 11.1 Å². The third kappa shape index (κ3) is 5.65. The summed E-state index contributed by atoms with van der Waals surface area (Å²) in [5.41, 5.74) is 7.34. The first-order valence-electron chi connectivity index (χ1n) is 6.80. The second-order valence-electron chi connectivity index (χ2n) is 5.79. The van der Waals surface area contributed by atoms with Crippen LogP contribution >= 0.6 is 23.8 Å². The molecule has 1 atom stereocenters. The van der Waals surface area contributed by atoms with Crippen molar-refractivity contribution in [2.75, 3.05) is 26.0 Å². The minimum Gasteiger partial charge on any atom is -0.389 e. The highest BCUT2D eigenvalue weighted by Gasteiger charge is 2.13. The maximum atomic E-state index is 6.20. The number of benzene rings is 1. The summed E-state index contributed by atoms with van der Waals surface area (Å²) in [5, 5.41) is 4.13. The van der Waals surface area contributed by atoms with Crippen molar-refractivity contribution in [1.82, 2.24) is 4.90 Å². The van der Waals surface area contributed by atoms with Gasteiger partial charge in [0.15, 0.2) is 0 Å². The summed E-state index contributed by atoms with van der Waals surface area (Å²) in [6.07, 6.45) is 1.10. The van der Waals surface area contributed by atoms with Crippen molar-refractivity contribution < 1.29 is 0 Å². The van der Waals surface area contributed by atoms with E-state index in [0.29, 0.717) is 22.0 Å². The normalized spacial score (nSPS) is 12.8. The van der Waals surface area contributed by atoms with Crippen LogP contribution in [0.3, 0.4) is 0 Å². The molecule has 0 saturated heterocycles. The standard InChI is InChI=1S/C15H24ClN3S/c1-10(2)7-12(9-19(3)4)18-11-5-6-13(15(17)20)14(16)8-11/h5-6,8,10,12,18H,7,9H2,1-4H3,(H2,17,20). The predicted octanol–water partition coefficient (Wildman–Crippen LogP) is 3.36. The largest absolute Gasteiger partial charge is 0.389 e. The number of thiocarbonyl (C=S) groups is 1. The second kappa shape index (κ2) is 7.81. The molecule has 0 aliphatic heterocycles. The van der Waals surface area contributed by atoms with E-state index >= 15 is 0 Å². The number of nitrogens with zero attached hydrogens (tertiary/aromatic N) is 1. The van der Waals surface area contributed by atoms with E-state index in [9.17, 15) is 0 Å². The van der Waals surface area contributed by atoms with Crippen molar-refractivity contribution in [3.8, 4) is 0 Å². The molecular formula is C15H24ClN3S. The third-order valence-corrected chi connectivity index (χ3v) is 3.48. The number of halogens is 1. The highest BCUT2D eigenvalue weighted by Crippen LogP contribution is 2.22. The average Bonchev–Trinajstić information content (AvgIpc) is 2.26. The average molecular weight is 314 g/mol. The van der Waals surface area contributed by atoms with E-state index in [1.165, 1.54) is 0 Å². The summed E-state index contributed by atoms with van der Waals surface area (Å²) >= 11 is 11.2. The molecule has 112 valence electrons. The Kier molecular flexibility index (Phi) is 6.72. The molecule has 0 aliphatic rings. The maximum Gasteiger partial charge on any atom is 0.105 e. The summed E-state index contributed by atoms with van der Waals surface area (Å²) in [6, 6.07) is 6.12. The minimum absolute atomic E-state index is 0.327. The molecule has 0 aliphatic carbocycles. The van der Waals surface area contributed by atoms with Gasteiger partial charge in [-0.15, -0.1) is 0 Å². The van der Waals surface area contributed by atoms with Crippen LogP contribution in [0.1, 0.15) is 25.8 Å². The lowest BCUT2D eigenvalue weighted by atomic mass is 10.0. The van der Waals surface area contributed by atoms with Gasteiger partial charge in [-0.3, -0.25) is 0 Å². The predicted molar refractivity (Wildman–Crippen MR) is 92.8 cm³/mol. The van der Waals surface area contributed by atoms with E-state index in [1.807, 2.05) is 18.2 Å². The number of nitrogens with two attached hydrogens (primary N) is 1. The van der Waals surface area contributed by atoms with E-state index in [4.69, 9.17) is 29.6 Å². The van der Waals surface area contributed by atoms with Crippen LogP contribution in [0, 0.1) is 5.92 Å². The van der Waals surface area contributed by atoms with Gasteiger partial charge in [-0.2, -0.15) is 0 Å². The lowest BCUT2D eigenvalue weighted by Gasteiger charge is -2.25. The maximum absolute atomic E-state index is 6.20. The Hall–Kier alpha value is -0.840. The van der Waals surface area contributed by atoms with E-state index in [1.54, 1.807) is 0 Å². The Balaban J connectivity index is 2.82. The van der Waals surface area contributed by atoms with Gasteiger partial charge in [-0.1, -0.05) is 37.7 Å². The monoisotopic (exact) mass is 313 g/mol. The van der Waals surface area contributed by atoms with E-state index in [-0.39, 0.29) is 0 Å². The van der Waals surface area contributed by atoms with Gasteiger partial charge in [0.25, 0.3) is 0 Å². The zero-order chi connectivity index (χ0) is 15.3. The summed E-state index contributed by atoms with van der Waals surface area (Å²) in [7, 11) is 4.16. The Morgan fingerprint density at radius 3 is 2.50 bits per heavy atom. The fraction of sp³-hybridized carbons (Fsp3) is 0.533. The highest BCUT2D eigenvalue weighted by atomic mass is 35.5. The highest BCUT2D eigenvalue weighted by molar-refractivity contribution is 7.80. The van der Waals surface area contributed by atoms with Gasteiger partial charge >= 0.3 is 0 Å². The van der Waals surface area contributed by atoms with Crippen molar-refractivity contribution in [3.63, 3.8) is 0 Å². The first kappa shape index (κ1) is 17.2. The molecule has 3 nitrogen and oxygen atoms in total. The Bertz CT molecular complexity index is 450. The number of nitrogens with one attached hydrogen (secondary N) is 1. The van der Waals surface area contributed by atoms with Crippen molar-refractivity contribution in [1.29, 1.82) is 0 Å². The molecule has 3 N–H and O–H groups in total. The van der Waals surface area contributed by atoms with Crippen molar-refractivity contribution in [2.24, 2.45) is 11.7 Å². The van der Waals surface area contributed by atoms with Gasteiger partial charge in [0.1, 0.15) is 4.99 Å². The zero-order valence-corrected chi connectivity index (χ0v) is 14.2. The van der Waals surface area contributed by atoms with Crippen LogP contribution in [-0.4, -0.2) is 36.6 Å². The fourth-order valence-corrected chi connectivity index (χ4v) is 2.75. The van der Waals surface area contributed by atoms with Crippen LogP contribution in [0.5, 0.6) is 0 Å². The molecule has 1 aromatic carbocycles. The van der Waals surface area contributed by atoms with Gasteiger partial charge in [0.2, 0.25) is 0 Å². The number of rotatable bonds is 7. The van der Waals surface area contributed by atoms with E-state index < -0.39 is 0 Å². The molecular weight excluding hydrogens is 290 g/mol. The third-order valence-electron chi connectivity index (χ3n) is 2.95. The summed E-state index contributed by atoms with van der Waals surface area (Å²) in [5.74, 6) is 0.638. The molecule has 0 amide bonds. The number of hydrogen-bond acceptors (Lipinski definition) is 3. The molecule has 0 spiro atoms. The Morgan fingerprint density at radius 1 is 1.40 bits per heavy atom. The first-order chi connectivity index (χ1) is 9.29. The van der Waals surface area contributed by atoms with Gasteiger partial charge in [-0.05, 0) is 44.6 Å². The second-order valence-corrected chi connectivity index (χ2v) is 6.64. The molecule has 1 aromatic rings. The van der Waals surface area contributed by atoms with Crippen molar-refractivity contribution in [2.45, 2.75) is 26.3 Å². The fourth-order valence-electron chi connectivity index (χ4n) is 2.23. The minimum atomic E-state index is 0.327. The SMILES string of the molecule is CC(C)CC(CN(C)C)Nc1ccc(C(N)=S)c(Cl)c1. The molecule has 0 heterocycles. The zero-order valence-electron chi connectivity index (χ0n) is 12.6. The van der Waals surface area contributed by atoms with Crippen LogP contribution in [0.4, 0.5) is 5.69 Å².